The van der Waals surface area contributed by atoms with Crippen LogP contribution in [-0.4, -0.2) is 13.9 Å². The Morgan fingerprint density at radius 3 is 2.80 bits per heavy atom. The number of nitrogens with zero attached hydrogens (tertiary/aromatic N) is 2. The maximum Gasteiger partial charge on any atom is 0.103 e. The van der Waals surface area contributed by atoms with Crippen molar-refractivity contribution >= 4 is 23.1 Å². The van der Waals surface area contributed by atoms with Crippen LogP contribution in [0.25, 0.3) is 0 Å². The fourth-order valence-corrected chi connectivity index (χ4v) is 2.80. The zero-order chi connectivity index (χ0) is 10.7. The van der Waals surface area contributed by atoms with Gasteiger partial charge >= 0.3 is 0 Å². The van der Waals surface area contributed by atoms with Crippen molar-refractivity contribution < 1.29 is 5.11 Å². The first kappa shape index (κ1) is 10.7. The number of thiophene rings is 1. The molecule has 0 spiro atoms. The zero-order valence-corrected chi connectivity index (χ0v) is 10.0. The van der Waals surface area contributed by atoms with Crippen molar-refractivity contribution in [3.8, 4) is 0 Å². The lowest BCUT2D eigenvalue weighted by Crippen LogP contribution is -2.00. The third-order valence-corrected chi connectivity index (χ3v) is 3.92. The van der Waals surface area contributed by atoms with Crippen molar-refractivity contribution in [2.45, 2.75) is 25.9 Å². The average molecular weight is 240 g/mol. The van der Waals surface area contributed by atoms with Crippen LogP contribution < -0.4 is 0 Å². The fraction of sp³-hybridized carbons (Fsp3) is 0.400. The van der Waals surface area contributed by atoms with Gasteiger partial charge < -0.3 is 5.11 Å². The predicted octanol–water partition coefficient (Wildman–Crippen LogP) is 2.44. The van der Waals surface area contributed by atoms with E-state index in [0.29, 0.717) is 12.1 Å². The van der Waals surface area contributed by atoms with Crippen molar-refractivity contribution in [3.05, 3.63) is 33.8 Å². The molecule has 0 saturated carbocycles. The third-order valence-electron chi connectivity index (χ3n) is 2.18. The molecule has 0 radical (unpaired) electrons. The zero-order valence-electron chi connectivity index (χ0n) is 8.38. The Labute approximate surface area is 96.7 Å². The maximum absolute atomic E-state index is 9.86. The molecule has 2 aromatic rings. The molecule has 1 atom stereocenters. The van der Waals surface area contributed by atoms with Gasteiger partial charge in [-0.25, -0.2) is 0 Å². The van der Waals surface area contributed by atoms with E-state index < -0.39 is 6.10 Å². The fourth-order valence-electron chi connectivity index (χ4n) is 1.34. The molecule has 0 aliphatic rings. The molecule has 0 aliphatic heterocycles. The summed E-state index contributed by atoms with van der Waals surface area (Å²) in [5.41, 5.74) is 0.673. The van der Waals surface area contributed by atoms with Gasteiger partial charge in [-0.3, -0.25) is 0 Å². The number of hydrogen-bond acceptors (Lipinski definition) is 5. The van der Waals surface area contributed by atoms with E-state index in [0.717, 1.165) is 18.1 Å². The molecule has 0 saturated heterocycles. The molecule has 15 heavy (non-hydrogen) atoms. The van der Waals surface area contributed by atoms with E-state index in [1.54, 1.807) is 17.5 Å². The lowest BCUT2D eigenvalue weighted by atomic mass is 10.2. The topological polar surface area (TPSA) is 46.0 Å². The van der Waals surface area contributed by atoms with Crippen LogP contribution >= 0.6 is 23.1 Å². The lowest BCUT2D eigenvalue weighted by molar-refractivity contribution is 0.175. The van der Waals surface area contributed by atoms with Gasteiger partial charge in [-0.05, 0) is 18.6 Å². The largest absolute Gasteiger partial charge is 0.386 e. The van der Waals surface area contributed by atoms with Gasteiger partial charge in [0.05, 0.1) is 17.9 Å². The van der Waals surface area contributed by atoms with E-state index in [2.05, 4.69) is 27.8 Å². The Morgan fingerprint density at radius 1 is 1.40 bits per heavy atom. The number of aliphatic hydroxyl groups excluding tert-OH is 1. The van der Waals surface area contributed by atoms with E-state index in [4.69, 9.17) is 0 Å². The van der Waals surface area contributed by atoms with Crippen LogP contribution in [0.3, 0.4) is 0 Å². The van der Waals surface area contributed by atoms with E-state index in [1.165, 1.54) is 9.75 Å². The SMILES string of the molecule is CCc1ccc(CC(O)c2cnsn2)s1. The summed E-state index contributed by atoms with van der Waals surface area (Å²) in [6.45, 7) is 2.14. The second kappa shape index (κ2) is 4.83. The normalized spacial score (nSPS) is 12.9. The minimum atomic E-state index is -0.521. The summed E-state index contributed by atoms with van der Waals surface area (Å²) in [6.07, 6.45) is 2.80. The highest BCUT2D eigenvalue weighted by Crippen LogP contribution is 2.23. The van der Waals surface area contributed by atoms with E-state index in [9.17, 15) is 5.11 Å². The standard InChI is InChI=1S/C10H12N2OS2/c1-2-7-3-4-8(14-7)5-10(13)9-6-11-15-12-9/h3-4,6,10,13H,2,5H2,1H3. The molecule has 2 heterocycles. The molecule has 0 bridgehead atoms. The monoisotopic (exact) mass is 240 g/mol. The first-order valence-corrected chi connectivity index (χ1v) is 6.37. The number of hydrogen-bond donors (Lipinski definition) is 1. The van der Waals surface area contributed by atoms with E-state index >= 15 is 0 Å². The van der Waals surface area contributed by atoms with Gasteiger partial charge in [-0.1, -0.05) is 6.92 Å². The van der Waals surface area contributed by atoms with Crippen LogP contribution in [0, 0.1) is 0 Å². The molecule has 0 amide bonds. The second-order valence-corrected chi connectivity index (χ2v) is 5.08. The van der Waals surface area contributed by atoms with Gasteiger partial charge in [0.1, 0.15) is 11.8 Å². The summed E-state index contributed by atoms with van der Waals surface area (Å²) < 4.78 is 7.90. The van der Waals surface area contributed by atoms with Gasteiger partial charge in [0, 0.05) is 16.2 Å². The van der Waals surface area contributed by atoms with Crippen LogP contribution in [0.2, 0.25) is 0 Å². The maximum atomic E-state index is 9.86. The summed E-state index contributed by atoms with van der Waals surface area (Å²) in [4.78, 5) is 2.56. The van der Waals surface area contributed by atoms with Crippen molar-refractivity contribution in [2.24, 2.45) is 0 Å². The summed E-state index contributed by atoms with van der Waals surface area (Å²) in [5.74, 6) is 0. The Balaban J connectivity index is 2.02. The summed E-state index contributed by atoms with van der Waals surface area (Å²) in [6, 6.07) is 4.19. The molecule has 80 valence electrons. The summed E-state index contributed by atoms with van der Waals surface area (Å²) in [5, 5.41) is 9.86. The number of aliphatic hydroxyl groups is 1. The molecule has 0 fully saturated rings. The molecule has 3 nitrogen and oxygen atoms in total. The first-order valence-electron chi connectivity index (χ1n) is 4.82. The van der Waals surface area contributed by atoms with Gasteiger partial charge in [0.25, 0.3) is 0 Å². The van der Waals surface area contributed by atoms with Gasteiger partial charge in [0.2, 0.25) is 0 Å². The van der Waals surface area contributed by atoms with E-state index in [-0.39, 0.29) is 0 Å². The Hall–Kier alpha value is -0.780. The second-order valence-electron chi connectivity index (χ2n) is 3.27. The Bertz CT molecular complexity index is 411. The molecule has 1 unspecified atom stereocenters. The quantitative estimate of drug-likeness (QED) is 0.892. The van der Waals surface area contributed by atoms with Crippen LogP contribution in [-0.2, 0) is 12.8 Å². The van der Waals surface area contributed by atoms with Crippen molar-refractivity contribution in [2.75, 3.05) is 0 Å². The van der Waals surface area contributed by atoms with Crippen LogP contribution in [0.15, 0.2) is 18.3 Å². The van der Waals surface area contributed by atoms with Crippen molar-refractivity contribution in [1.82, 2.24) is 8.75 Å². The Morgan fingerprint density at radius 2 is 2.20 bits per heavy atom. The van der Waals surface area contributed by atoms with Crippen LogP contribution in [0.4, 0.5) is 0 Å². The Kier molecular flexibility index (Phi) is 3.45. The predicted molar refractivity (Wildman–Crippen MR) is 62.3 cm³/mol. The van der Waals surface area contributed by atoms with Gasteiger partial charge in [-0.15, -0.1) is 11.3 Å². The average Bonchev–Trinajstić information content (AvgIpc) is 2.87. The molecule has 2 aromatic heterocycles. The summed E-state index contributed by atoms with van der Waals surface area (Å²) in [7, 11) is 0. The first-order chi connectivity index (χ1) is 7.29. The van der Waals surface area contributed by atoms with E-state index in [1.807, 2.05) is 0 Å². The lowest BCUT2D eigenvalue weighted by Gasteiger charge is -2.04. The molecule has 1 N–H and O–H groups in total. The molecular formula is C10H12N2OS2. The highest BCUT2D eigenvalue weighted by molar-refractivity contribution is 7.12. The molecular weight excluding hydrogens is 228 g/mol. The highest BCUT2D eigenvalue weighted by atomic mass is 32.1. The third kappa shape index (κ3) is 2.62. The smallest absolute Gasteiger partial charge is 0.103 e. The minimum Gasteiger partial charge on any atom is -0.386 e. The van der Waals surface area contributed by atoms with Gasteiger partial charge in [-0.2, -0.15) is 8.75 Å². The number of rotatable bonds is 4. The molecule has 5 heteroatoms. The number of aryl methyl sites for hydroxylation is 1. The minimum absolute atomic E-state index is 0.521. The highest BCUT2D eigenvalue weighted by Gasteiger charge is 2.12. The number of aromatic nitrogens is 2. The summed E-state index contributed by atoms with van der Waals surface area (Å²) >= 11 is 2.89. The molecule has 0 aliphatic carbocycles. The molecule has 2 rings (SSSR count). The van der Waals surface area contributed by atoms with Crippen LogP contribution in [0.1, 0.15) is 28.5 Å². The van der Waals surface area contributed by atoms with Crippen molar-refractivity contribution in [3.63, 3.8) is 0 Å². The van der Waals surface area contributed by atoms with Gasteiger partial charge in [0.15, 0.2) is 0 Å². The van der Waals surface area contributed by atoms with Crippen molar-refractivity contribution in [1.29, 1.82) is 0 Å². The molecule has 0 aromatic carbocycles. The van der Waals surface area contributed by atoms with Crippen LogP contribution in [0.5, 0.6) is 0 Å².